The molecule has 28 heavy (non-hydrogen) atoms. The van der Waals surface area contributed by atoms with Gasteiger partial charge in [-0.25, -0.2) is 27.3 Å². The molecule has 10 heteroatoms. The molecule has 1 aliphatic heterocycles. The first-order valence-electron chi connectivity index (χ1n) is 8.14. The molecule has 6 nitrogen and oxygen atoms in total. The standard InChI is InChI=1S/C18H14F2N4O2S2/c1-10-2-7-13-15(8-10)27-17(22-13)18(9-14(16(19)20)23-24-18)11-3-5-12(6-4-11)28(21,25)26/h2-9,16H,1H3,(H2,21,25,26). The highest BCUT2D eigenvalue weighted by Crippen LogP contribution is 2.44. The zero-order chi connectivity index (χ0) is 20.1. The number of thiazole rings is 1. The SMILES string of the molecule is Cc1ccc2nc(C3(c4ccc(S(N)(=O)=O)cc4)C=C(C(F)F)N=N3)sc2c1. The molecule has 1 aliphatic rings. The van der Waals surface area contributed by atoms with Gasteiger partial charge in [0.25, 0.3) is 6.43 Å². The average Bonchev–Trinajstić information content (AvgIpc) is 3.26. The van der Waals surface area contributed by atoms with E-state index in [0.29, 0.717) is 10.6 Å². The van der Waals surface area contributed by atoms with Crippen LogP contribution in [0.3, 0.4) is 0 Å². The monoisotopic (exact) mass is 420 g/mol. The molecule has 1 unspecified atom stereocenters. The highest BCUT2D eigenvalue weighted by molar-refractivity contribution is 7.89. The maximum absolute atomic E-state index is 13.3. The molecule has 2 heterocycles. The van der Waals surface area contributed by atoms with Gasteiger partial charge < -0.3 is 0 Å². The van der Waals surface area contributed by atoms with E-state index < -0.39 is 27.7 Å². The van der Waals surface area contributed by atoms with Crippen molar-refractivity contribution in [3.8, 4) is 0 Å². The molecule has 3 aromatic rings. The fourth-order valence-electron chi connectivity index (χ4n) is 2.98. The number of hydrogen-bond donors (Lipinski definition) is 1. The zero-order valence-corrected chi connectivity index (χ0v) is 16.1. The lowest BCUT2D eigenvalue weighted by molar-refractivity contribution is 0.188. The van der Waals surface area contributed by atoms with E-state index in [1.807, 2.05) is 25.1 Å². The fraction of sp³-hybridized carbons (Fsp3) is 0.167. The summed E-state index contributed by atoms with van der Waals surface area (Å²) in [4.78, 5) is 4.50. The van der Waals surface area contributed by atoms with Gasteiger partial charge in [0.15, 0.2) is 5.54 Å². The Morgan fingerprint density at radius 1 is 1.14 bits per heavy atom. The van der Waals surface area contributed by atoms with E-state index in [9.17, 15) is 17.2 Å². The van der Waals surface area contributed by atoms with Crippen LogP contribution in [0.1, 0.15) is 16.1 Å². The topological polar surface area (TPSA) is 97.8 Å². The van der Waals surface area contributed by atoms with Crippen LogP contribution in [0.2, 0.25) is 0 Å². The zero-order valence-electron chi connectivity index (χ0n) is 14.5. The van der Waals surface area contributed by atoms with Crippen molar-refractivity contribution in [3.05, 3.63) is 70.4 Å². The van der Waals surface area contributed by atoms with Crippen LogP contribution in [-0.4, -0.2) is 19.8 Å². The molecule has 0 saturated heterocycles. The van der Waals surface area contributed by atoms with Gasteiger partial charge >= 0.3 is 0 Å². The molecular weight excluding hydrogens is 406 g/mol. The van der Waals surface area contributed by atoms with Gasteiger partial charge in [-0.3, -0.25) is 0 Å². The van der Waals surface area contributed by atoms with E-state index in [2.05, 4.69) is 15.2 Å². The number of rotatable bonds is 4. The minimum Gasteiger partial charge on any atom is -0.238 e. The molecule has 1 atom stereocenters. The van der Waals surface area contributed by atoms with E-state index in [-0.39, 0.29) is 4.90 Å². The second kappa shape index (κ2) is 6.50. The van der Waals surface area contributed by atoms with Crippen molar-refractivity contribution in [2.75, 3.05) is 0 Å². The molecular formula is C18H14F2N4O2S2. The third kappa shape index (κ3) is 3.13. The normalized spacial score (nSPS) is 19.5. The first-order valence-corrected chi connectivity index (χ1v) is 10.5. The van der Waals surface area contributed by atoms with E-state index in [4.69, 9.17) is 5.14 Å². The number of alkyl halides is 2. The summed E-state index contributed by atoms with van der Waals surface area (Å²) in [5.74, 6) is 0. The van der Waals surface area contributed by atoms with Gasteiger partial charge in [0.05, 0.1) is 15.1 Å². The largest absolute Gasteiger partial charge is 0.281 e. The van der Waals surface area contributed by atoms with Crippen LogP contribution in [0.4, 0.5) is 8.78 Å². The molecule has 2 N–H and O–H groups in total. The van der Waals surface area contributed by atoms with E-state index in [1.54, 1.807) is 0 Å². The van der Waals surface area contributed by atoms with Gasteiger partial charge in [0, 0.05) is 0 Å². The van der Waals surface area contributed by atoms with E-state index in [1.165, 1.54) is 41.7 Å². The third-order valence-electron chi connectivity index (χ3n) is 4.40. The molecule has 0 saturated carbocycles. The number of aromatic nitrogens is 1. The molecule has 4 rings (SSSR count). The summed E-state index contributed by atoms with van der Waals surface area (Å²) < 4.78 is 50.4. The first kappa shape index (κ1) is 18.8. The maximum atomic E-state index is 13.3. The lowest BCUT2D eigenvalue weighted by Crippen LogP contribution is -2.21. The predicted octanol–water partition coefficient (Wildman–Crippen LogP) is 4.11. The number of allylic oxidation sites excluding steroid dienone is 1. The number of primary sulfonamides is 1. The second-order valence-corrected chi connectivity index (χ2v) is 8.99. The van der Waals surface area contributed by atoms with Crippen LogP contribution in [0.15, 0.2) is 69.4 Å². The van der Waals surface area contributed by atoms with Gasteiger partial charge in [-0.15, -0.1) is 11.3 Å². The number of hydrogen-bond acceptors (Lipinski definition) is 6. The summed E-state index contributed by atoms with van der Waals surface area (Å²) in [5, 5.41) is 13.4. The molecule has 0 amide bonds. The van der Waals surface area contributed by atoms with Crippen LogP contribution in [-0.2, 0) is 15.6 Å². The van der Waals surface area contributed by atoms with Gasteiger partial charge in [-0.2, -0.15) is 10.2 Å². The number of azo groups is 1. The number of nitrogens with zero attached hydrogens (tertiary/aromatic N) is 3. The highest BCUT2D eigenvalue weighted by atomic mass is 32.2. The molecule has 144 valence electrons. The highest BCUT2D eigenvalue weighted by Gasteiger charge is 2.41. The number of fused-ring (bicyclic) bond motifs is 1. The fourth-order valence-corrected chi connectivity index (χ4v) is 4.68. The Morgan fingerprint density at radius 3 is 2.46 bits per heavy atom. The van der Waals surface area contributed by atoms with Crippen molar-refractivity contribution in [1.29, 1.82) is 0 Å². The first-order chi connectivity index (χ1) is 13.2. The smallest absolute Gasteiger partial charge is 0.238 e. The predicted molar refractivity (Wildman–Crippen MR) is 102 cm³/mol. The number of nitrogens with two attached hydrogens (primary N) is 1. The van der Waals surface area contributed by atoms with Gasteiger partial charge in [-0.05, 0) is 48.4 Å². The Morgan fingerprint density at radius 2 is 1.86 bits per heavy atom. The Balaban J connectivity index is 1.92. The quantitative estimate of drug-likeness (QED) is 0.688. The van der Waals surface area contributed by atoms with Gasteiger partial charge in [-0.1, -0.05) is 18.2 Å². The molecule has 1 aromatic heterocycles. The number of sulfonamides is 1. The van der Waals surface area contributed by atoms with Crippen LogP contribution < -0.4 is 5.14 Å². The Bertz CT molecular complexity index is 1230. The molecule has 0 radical (unpaired) electrons. The molecule has 2 aromatic carbocycles. The van der Waals surface area contributed by atoms with Crippen molar-refractivity contribution in [2.24, 2.45) is 15.4 Å². The summed E-state index contributed by atoms with van der Waals surface area (Å²) in [6.07, 6.45) is -1.51. The van der Waals surface area contributed by atoms with Crippen LogP contribution in [0.5, 0.6) is 0 Å². The molecule has 0 aliphatic carbocycles. The van der Waals surface area contributed by atoms with Crippen molar-refractivity contribution >= 4 is 31.6 Å². The molecule has 0 fully saturated rings. The Labute approximate surface area is 163 Å². The van der Waals surface area contributed by atoms with Gasteiger partial charge in [0.2, 0.25) is 10.0 Å². The van der Waals surface area contributed by atoms with Crippen molar-refractivity contribution < 1.29 is 17.2 Å². The van der Waals surface area contributed by atoms with Crippen LogP contribution in [0.25, 0.3) is 10.2 Å². The van der Waals surface area contributed by atoms with Crippen molar-refractivity contribution in [3.63, 3.8) is 0 Å². The minimum absolute atomic E-state index is 0.0840. The second-order valence-electron chi connectivity index (χ2n) is 6.40. The summed E-state index contributed by atoms with van der Waals surface area (Å²) >= 11 is 1.33. The lowest BCUT2D eigenvalue weighted by atomic mass is 9.91. The molecule has 0 spiro atoms. The van der Waals surface area contributed by atoms with Crippen molar-refractivity contribution in [2.45, 2.75) is 23.8 Å². The Kier molecular flexibility index (Phi) is 4.36. The summed E-state index contributed by atoms with van der Waals surface area (Å²) in [6, 6.07) is 11.3. The number of benzene rings is 2. The third-order valence-corrected chi connectivity index (χ3v) is 6.47. The number of halogens is 2. The lowest BCUT2D eigenvalue weighted by Gasteiger charge is -2.20. The van der Waals surface area contributed by atoms with Gasteiger partial charge in [0.1, 0.15) is 10.7 Å². The van der Waals surface area contributed by atoms with Crippen LogP contribution in [0, 0.1) is 6.92 Å². The van der Waals surface area contributed by atoms with Crippen LogP contribution >= 0.6 is 11.3 Å². The summed E-state index contributed by atoms with van der Waals surface area (Å²) in [7, 11) is -3.88. The summed E-state index contributed by atoms with van der Waals surface area (Å²) in [5.41, 5.74) is 0.438. The van der Waals surface area contributed by atoms with Crippen molar-refractivity contribution in [1.82, 2.24) is 4.98 Å². The number of aryl methyl sites for hydroxylation is 1. The summed E-state index contributed by atoms with van der Waals surface area (Å²) in [6.45, 7) is 1.95. The van der Waals surface area contributed by atoms with E-state index >= 15 is 0 Å². The Hall–Kier alpha value is -2.56. The average molecular weight is 420 g/mol. The maximum Gasteiger partial charge on any atom is 0.281 e. The van der Waals surface area contributed by atoms with E-state index in [0.717, 1.165) is 15.8 Å². The minimum atomic E-state index is -3.88. The molecule has 0 bridgehead atoms.